The van der Waals surface area contributed by atoms with Crippen molar-refractivity contribution in [1.82, 2.24) is 5.32 Å². The zero-order chi connectivity index (χ0) is 11.4. The number of hydrogen-bond acceptors (Lipinski definition) is 1. The van der Waals surface area contributed by atoms with Gasteiger partial charge in [0.15, 0.2) is 0 Å². The topological polar surface area (TPSA) is 29.1 Å². The van der Waals surface area contributed by atoms with Crippen LogP contribution in [0.3, 0.4) is 0 Å². The van der Waals surface area contributed by atoms with E-state index in [1.807, 2.05) is 0 Å². The van der Waals surface area contributed by atoms with Gasteiger partial charge in [-0.05, 0) is 25.1 Å². The van der Waals surface area contributed by atoms with Crippen molar-refractivity contribution in [1.29, 1.82) is 0 Å². The smallest absolute Gasteiger partial charge is 0.254 e. The van der Waals surface area contributed by atoms with Crippen LogP contribution in [0.1, 0.15) is 17.3 Å². The summed E-state index contributed by atoms with van der Waals surface area (Å²) >= 11 is 3.18. The van der Waals surface area contributed by atoms with Crippen LogP contribution in [-0.2, 0) is 0 Å². The molecule has 2 nitrogen and oxygen atoms in total. The van der Waals surface area contributed by atoms with Gasteiger partial charge in [0.25, 0.3) is 5.91 Å². The van der Waals surface area contributed by atoms with Crippen LogP contribution in [0.25, 0.3) is 0 Å². The fourth-order valence-electron chi connectivity index (χ4n) is 1.01. The van der Waals surface area contributed by atoms with E-state index in [0.717, 1.165) is 0 Å². The SMILES string of the molecule is C=CC(C)NC(=O)c1cc(Br)ccc1F. The number of hydrogen-bond donors (Lipinski definition) is 1. The van der Waals surface area contributed by atoms with Gasteiger partial charge in [-0.25, -0.2) is 4.39 Å². The van der Waals surface area contributed by atoms with Crippen LogP contribution in [0.5, 0.6) is 0 Å². The second-order valence-corrected chi connectivity index (χ2v) is 4.04. The van der Waals surface area contributed by atoms with Crippen LogP contribution in [0.15, 0.2) is 35.3 Å². The Morgan fingerprint density at radius 2 is 2.33 bits per heavy atom. The Morgan fingerprint density at radius 3 is 2.93 bits per heavy atom. The van der Waals surface area contributed by atoms with E-state index in [1.165, 1.54) is 12.1 Å². The number of carbonyl (C=O) groups is 1. The van der Waals surface area contributed by atoms with Gasteiger partial charge in [-0.2, -0.15) is 0 Å². The van der Waals surface area contributed by atoms with E-state index in [2.05, 4.69) is 27.8 Å². The number of halogens is 2. The average Bonchev–Trinajstić information content (AvgIpc) is 2.21. The quantitative estimate of drug-likeness (QED) is 0.842. The van der Waals surface area contributed by atoms with Crippen LogP contribution in [0, 0.1) is 5.82 Å². The molecule has 0 bridgehead atoms. The highest BCUT2D eigenvalue weighted by atomic mass is 79.9. The summed E-state index contributed by atoms with van der Waals surface area (Å²) in [6.45, 7) is 5.29. The highest BCUT2D eigenvalue weighted by Crippen LogP contribution is 2.15. The molecule has 0 aliphatic rings. The maximum absolute atomic E-state index is 13.3. The van der Waals surface area contributed by atoms with Crippen molar-refractivity contribution in [2.24, 2.45) is 0 Å². The molecule has 0 saturated carbocycles. The normalized spacial score (nSPS) is 11.9. The first kappa shape index (κ1) is 11.9. The summed E-state index contributed by atoms with van der Waals surface area (Å²) in [7, 11) is 0. The maximum Gasteiger partial charge on any atom is 0.254 e. The van der Waals surface area contributed by atoms with E-state index in [1.54, 1.807) is 19.1 Å². The lowest BCUT2D eigenvalue weighted by Crippen LogP contribution is -2.31. The zero-order valence-electron chi connectivity index (χ0n) is 8.26. The van der Waals surface area contributed by atoms with E-state index in [9.17, 15) is 9.18 Å². The number of benzene rings is 1. The van der Waals surface area contributed by atoms with Gasteiger partial charge in [0.1, 0.15) is 5.82 Å². The molecule has 0 radical (unpaired) electrons. The summed E-state index contributed by atoms with van der Waals surface area (Å²) in [4.78, 5) is 11.6. The number of rotatable bonds is 3. The molecule has 0 spiro atoms. The molecular formula is C11H11BrFNO. The fraction of sp³-hybridized carbons (Fsp3) is 0.182. The Balaban J connectivity index is 2.90. The van der Waals surface area contributed by atoms with Gasteiger partial charge >= 0.3 is 0 Å². The van der Waals surface area contributed by atoms with Crippen molar-refractivity contribution in [3.63, 3.8) is 0 Å². The van der Waals surface area contributed by atoms with E-state index in [4.69, 9.17) is 0 Å². The van der Waals surface area contributed by atoms with Crippen LogP contribution < -0.4 is 5.32 Å². The van der Waals surface area contributed by atoms with E-state index in [0.29, 0.717) is 4.47 Å². The maximum atomic E-state index is 13.3. The Kier molecular flexibility index (Phi) is 4.03. The molecule has 0 saturated heterocycles. The molecule has 1 unspecified atom stereocenters. The molecule has 4 heteroatoms. The van der Waals surface area contributed by atoms with Gasteiger partial charge < -0.3 is 5.32 Å². The number of carbonyl (C=O) groups excluding carboxylic acids is 1. The van der Waals surface area contributed by atoms with Crippen molar-refractivity contribution >= 4 is 21.8 Å². The van der Waals surface area contributed by atoms with Gasteiger partial charge in [0, 0.05) is 10.5 Å². The molecule has 1 aromatic rings. The van der Waals surface area contributed by atoms with Crippen molar-refractivity contribution in [3.05, 3.63) is 46.7 Å². The van der Waals surface area contributed by atoms with Crippen LogP contribution in [0.2, 0.25) is 0 Å². The molecule has 1 amide bonds. The zero-order valence-corrected chi connectivity index (χ0v) is 9.84. The second kappa shape index (κ2) is 5.07. The van der Waals surface area contributed by atoms with Gasteiger partial charge in [0.2, 0.25) is 0 Å². The highest BCUT2D eigenvalue weighted by molar-refractivity contribution is 9.10. The lowest BCUT2D eigenvalue weighted by atomic mass is 10.2. The van der Waals surface area contributed by atoms with Crippen molar-refractivity contribution < 1.29 is 9.18 Å². The molecule has 0 aromatic heterocycles. The Morgan fingerprint density at radius 1 is 1.67 bits per heavy atom. The number of nitrogens with one attached hydrogen (secondary N) is 1. The second-order valence-electron chi connectivity index (χ2n) is 3.12. The first-order valence-corrected chi connectivity index (χ1v) is 5.22. The van der Waals surface area contributed by atoms with Crippen molar-refractivity contribution in [2.75, 3.05) is 0 Å². The molecule has 1 N–H and O–H groups in total. The third-order valence-electron chi connectivity index (χ3n) is 1.89. The summed E-state index contributed by atoms with van der Waals surface area (Å²) in [5, 5.41) is 2.60. The van der Waals surface area contributed by atoms with Gasteiger partial charge in [-0.3, -0.25) is 4.79 Å². The molecule has 1 atom stereocenters. The average molecular weight is 272 g/mol. The van der Waals surface area contributed by atoms with E-state index < -0.39 is 11.7 Å². The fourth-order valence-corrected chi connectivity index (χ4v) is 1.38. The molecular weight excluding hydrogens is 261 g/mol. The first-order chi connectivity index (χ1) is 7.04. The predicted molar refractivity (Wildman–Crippen MR) is 61.2 cm³/mol. The molecule has 0 aliphatic carbocycles. The molecule has 0 heterocycles. The van der Waals surface area contributed by atoms with Crippen LogP contribution in [-0.4, -0.2) is 11.9 Å². The summed E-state index contributed by atoms with van der Waals surface area (Å²) in [6, 6.07) is 4.05. The van der Waals surface area contributed by atoms with Gasteiger partial charge in [-0.15, -0.1) is 6.58 Å². The molecule has 1 aromatic carbocycles. The van der Waals surface area contributed by atoms with Gasteiger partial charge in [-0.1, -0.05) is 22.0 Å². The molecule has 0 fully saturated rings. The predicted octanol–water partition coefficient (Wildman–Crippen LogP) is 2.89. The van der Waals surface area contributed by atoms with Crippen molar-refractivity contribution in [2.45, 2.75) is 13.0 Å². The van der Waals surface area contributed by atoms with E-state index in [-0.39, 0.29) is 11.6 Å². The number of amides is 1. The van der Waals surface area contributed by atoms with Crippen LogP contribution >= 0.6 is 15.9 Å². The monoisotopic (exact) mass is 271 g/mol. The summed E-state index contributed by atoms with van der Waals surface area (Å²) in [5.74, 6) is -0.979. The Bertz CT molecular complexity index is 392. The minimum Gasteiger partial charge on any atom is -0.346 e. The third-order valence-corrected chi connectivity index (χ3v) is 2.38. The van der Waals surface area contributed by atoms with Gasteiger partial charge in [0.05, 0.1) is 5.56 Å². The Labute approximate surface area is 96.3 Å². The Hall–Kier alpha value is -1.16. The molecule has 15 heavy (non-hydrogen) atoms. The minimum atomic E-state index is -0.535. The lowest BCUT2D eigenvalue weighted by Gasteiger charge is -2.09. The van der Waals surface area contributed by atoms with Crippen LogP contribution in [0.4, 0.5) is 4.39 Å². The summed E-state index contributed by atoms with van der Waals surface area (Å²) < 4.78 is 13.9. The molecule has 80 valence electrons. The van der Waals surface area contributed by atoms with Crippen molar-refractivity contribution in [3.8, 4) is 0 Å². The largest absolute Gasteiger partial charge is 0.346 e. The highest BCUT2D eigenvalue weighted by Gasteiger charge is 2.12. The van der Waals surface area contributed by atoms with E-state index >= 15 is 0 Å². The summed E-state index contributed by atoms with van der Waals surface area (Å²) in [5.41, 5.74) is 0.0260. The minimum absolute atomic E-state index is 0.0260. The lowest BCUT2D eigenvalue weighted by molar-refractivity contribution is 0.0943. The summed E-state index contributed by atoms with van der Waals surface area (Å²) in [6.07, 6.45) is 1.58. The standard InChI is InChI=1S/C11H11BrFNO/c1-3-7(2)14-11(15)9-6-8(12)4-5-10(9)13/h3-7H,1H2,2H3,(H,14,15). The first-order valence-electron chi connectivity index (χ1n) is 4.43. The molecule has 0 aliphatic heterocycles. The molecule has 1 rings (SSSR count). The third kappa shape index (κ3) is 3.16.